The van der Waals surface area contributed by atoms with Crippen molar-refractivity contribution in [2.24, 2.45) is 5.73 Å². The Morgan fingerprint density at radius 3 is 2.35 bits per heavy atom. The molecule has 0 aliphatic heterocycles. The van der Waals surface area contributed by atoms with Crippen LogP contribution in [0.2, 0.25) is 0 Å². The van der Waals surface area contributed by atoms with E-state index >= 15 is 0 Å². The maximum Gasteiger partial charge on any atom is 0.247 e. The molecule has 0 bridgehead atoms. The van der Waals surface area contributed by atoms with E-state index < -0.39 is 6.04 Å². The molecule has 0 saturated carbocycles. The van der Waals surface area contributed by atoms with Gasteiger partial charge in [-0.3, -0.25) is 0 Å². The maximum absolute atomic E-state index is 6.13. The van der Waals surface area contributed by atoms with Crippen LogP contribution in [0.4, 0.5) is 0 Å². The van der Waals surface area contributed by atoms with E-state index in [1.807, 2.05) is 54.6 Å². The first-order chi connectivity index (χ1) is 9.74. The second kappa shape index (κ2) is 5.56. The van der Waals surface area contributed by atoms with Crippen molar-refractivity contribution in [2.45, 2.75) is 6.04 Å². The molecular formula is C15H12BrN3O. The molecule has 0 aliphatic carbocycles. The molecule has 0 fully saturated rings. The molecule has 2 N–H and O–H groups in total. The van der Waals surface area contributed by atoms with Crippen LogP contribution in [0.1, 0.15) is 17.5 Å². The summed E-state index contributed by atoms with van der Waals surface area (Å²) in [5, 5.41) is 8.09. The van der Waals surface area contributed by atoms with E-state index in [4.69, 9.17) is 10.2 Å². The van der Waals surface area contributed by atoms with E-state index in [2.05, 4.69) is 26.1 Å². The van der Waals surface area contributed by atoms with E-state index in [1.54, 1.807) is 0 Å². The van der Waals surface area contributed by atoms with Gasteiger partial charge < -0.3 is 10.2 Å². The number of hydrogen-bond donors (Lipinski definition) is 1. The zero-order valence-electron chi connectivity index (χ0n) is 10.5. The van der Waals surface area contributed by atoms with Gasteiger partial charge in [0.05, 0.1) is 0 Å². The summed E-state index contributed by atoms with van der Waals surface area (Å²) in [7, 11) is 0. The number of rotatable bonds is 3. The Bertz CT molecular complexity index is 695. The molecule has 0 amide bonds. The fourth-order valence-electron chi connectivity index (χ4n) is 1.87. The van der Waals surface area contributed by atoms with E-state index in [9.17, 15) is 0 Å². The maximum atomic E-state index is 6.13. The lowest BCUT2D eigenvalue weighted by Gasteiger charge is -2.06. The van der Waals surface area contributed by atoms with Gasteiger partial charge in [0.2, 0.25) is 11.8 Å². The Morgan fingerprint density at radius 2 is 1.65 bits per heavy atom. The molecule has 100 valence electrons. The molecule has 0 spiro atoms. The van der Waals surface area contributed by atoms with Gasteiger partial charge in [-0.05, 0) is 29.8 Å². The second-order valence-electron chi connectivity index (χ2n) is 4.34. The number of nitrogens with zero attached hydrogens (tertiary/aromatic N) is 2. The van der Waals surface area contributed by atoms with Gasteiger partial charge >= 0.3 is 0 Å². The highest BCUT2D eigenvalue weighted by atomic mass is 79.9. The number of aromatic nitrogens is 2. The van der Waals surface area contributed by atoms with Gasteiger partial charge in [0.1, 0.15) is 6.04 Å². The molecule has 1 atom stereocenters. The molecule has 1 unspecified atom stereocenters. The molecule has 2 aromatic carbocycles. The molecule has 1 heterocycles. The molecule has 4 nitrogen and oxygen atoms in total. The molecule has 0 radical (unpaired) electrons. The van der Waals surface area contributed by atoms with Crippen molar-refractivity contribution in [3.05, 3.63) is 70.5 Å². The average Bonchev–Trinajstić information content (AvgIpc) is 2.98. The minimum absolute atomic E-state index is 0.409. The summed E-state index contributed by atoms with van der Waals surface area (Å²) < 4.78 is 6.67. The Kier molecular flexibility index (Phi) is 3.62. The molecule has 3 aromatic rings. The lowest BCUT2D eigenvalue weighted by atomic mass is 10.1. The van der Waals surface area contributed by atoms with E-state index in [0.717, 1.165) is 15.6 Å². The van der Waals surface area contributed by atoms with Crippen LogP contribution in [0.25, 0.3) is 11.5 Å². The second-order valence-corrected chi connectivity index (χ2v) is 5.26. The van der Waals surface area contributed by atoms with Crippen molar-refractivity contribution in [1.82, 2.24) is 10.2 Å². The third-order valence-electron chi connectivity index (χ3n) is 2.96. The van der Waals surface area contributed by atoms with Crippen molar-refractivity contribution in [3.8, 4) is 11.5 Å². The molecule has 20 heavy (non-hydrogen) atoms. The van der Waals surface area contributed by atoms with Crippen molar-refractivity contribution in [3.63, 3.8) is 0 Å². The minimum atomic E-state index is -0.409. The quantitative estimate of drug-likeness (QED) is 0.798. The lowest BCUT2D eigenvalue weighted by molar-refractivity contribution is 0.484. The van der Waals surface area contributed by atoms with Crippen LogP contribution in [0.3, 0.4) is 0 Å². The molecule has 1 aromatic heterocycles. The summed E-state index contributed by atoms with van der Waals surface area (Å²) in [4.78, 5) is 0. The van der Waals surface area contributed by atoms with E-state index in [1.165, 1.54) is 0 Å². The largest absolute Gasteiger partial charge is 0.419 e. The first kappa shape index (κ1) is 13.0. The van der Waals surface area contributed by atoms with Gasteiger partial charge in [0.15, 0.2) is 0 Å². The zero-order chi connectivity index (χ0) is 13.9. The monoisotopic (exact) mass is 329 g/mol. The molecular weight excluding hydrogens is 318 g/mol. The number of benzene rings is 2. The van der Waals surface area contributed by atoms with Crippen molar-refractivity contribution in [2.75, 3.05) is 0 Å². The lowest BCUT2D eigenvalue weighted by Crippen LogP contribution is -2.11. The van der Waals surface area contributed by atoms with Crippen LogP contribution >= 0.6 is 15.9 Å². The molecule has 5 heteroatoms. The summed E-state index contributed by atoms with van der Waals surface area (Å²) >= 11 is 3.39. The molecule has 0 saturated heterocycles. The van der Waals surface area contributed by atoms with Crippen LogP contribution in [0, 0.1) is 0 Å². The average molecular weight is 330 g/mol. The summed E-state index contributed by atoms with van der Waals surface area (Å²) in [6.45, 7) is 0. The summed E-state index contributed by atoms with van der Waals surface area (Å²) in [5.74, 6) is 0.882. The Hall–Kier alpha value is -1.98. The highest BCUT2D eigenvalue weighted by Crippen LogP contribution is 2.24. The number of hydrogen-bond acceptors (Lipinski definition) is 4. The highest BCUT2D eigenvalue weighted by Gasteiger charge is 2.16. The summed E-state index contributed by atoms with van der Waals surface area (Å²) in [5.41, 5.74) is 7.94. The van der Waals surface area contributed by atoms with E-state index in [0.29, 0.717) is 11.8 Å². The third-order valence-corrected chi connectivity index (χ3v) is 3.49. The van der Waals surface area contributed by atoms with Crippen LogP contribution in [-0.4, -0.2) is 10.2 Å². The fraction of sp³-hybridized carbons (Fsp3) is 0.0667. The Morgan fingerprint density at radius 1 is 0.950 bits per heavy atom. The van der Waals surface area contributed by atoms with Gasteiger partial charge in [-0.2, -0.15) is 0 Å². The van der Waals surface area contributed by atoms with Crippen molar-refractivity contribution in [1.29, 1.82) is 0 Å². The van der Waals surface area contributed by atoms with Gasteiger partial charge in [-0.1, -0.05) is 46.3 Å². The zero-order valence-corrected chi connectivity index (χ0v) is 12.1. The topological polar surface area (TPSA) is 64.9 Å². The number of halogens is 1. The molecule has 0 aliphatic rings. The normalized spacial score (nSPS) is 12.3. The summed E-state index contributed by atoms with van der Waals surface area (Å²) in [6.07, 6.45) is 0. The van der Waals surface area contributed by atoms with Crippen LogP contribution in [0.15, 0.2) is 63.5 Å². The highest BCUT2D eigenvalue weighted by molar-refractivity contribution is 9.10. The predicted molar refractivity (Wildman–Crippen MR) is 79.9 cm³/mol. The summed E-state index contributed by atoms with van der Waals surface area (Å²) in [6, 6.07) is 17.0. The van der Waals surface area contributed by atoms with Crippen LogP contribution in [0.5, 0.6) is 0 Å². The first-order valence-corrected chi connectivity index (χ1v) is 6.93. The van der Waals surface area contributed by atoms with Gasteiger partial charge in [0, 0.05) is 10.0 Å². The van der Waals surface area contributed by atoms with Crippen molar-refractivity contribution < 1.29 is 4.42 Å². The standard InChI is InChI=1S/C15H12BrN3O/c16-12-8-6-11(7-9-12)14-18-19-15(20-14)13(17)10-4-2-1-3-5-10/h1-9,13H,17H2. The number of nitrogens with two attached hydrogens (primary N) is 1. The van der Waals surface area contributed by atoms with Crippen LogP contribution in [-0.2, 0) is 0 Å². The van der Waals surface area contributed by atoms with Crippen LogP contribution < -0.4 is 5.73 Å². The Labute approximate surface area is 124 Å². The fourth-order valence-corrected chi connectivity index (χ4v) is 2.14. The smallest absolute Gasteiger partial charge is 0.247 e. The molecule has 3 rings (SSSR count). The van der Waals surface area contributed by atoms with Gasteiger partial charge in [0.25, 0.3) is 0 Å². The predicted octanol–water partition coefficient (Wildman–Crippen LogP) is 3.55. The van der Waals surface area contributed by atoms with Gasteiger partial charge in [-0.15, -0.1) is 10.2 Å². The minimum Gasteiger partial charge on any atom is -0.419 e. The third kappa shape index (κ3) is 2.64. The van der Waals surface area contributed by atoms with Gasteiger partial charge in [-0.25, -0.2) is 0 Å². The Balaban J connectivity index is 1.89. The SMILES string of the molecule is NC(c1ccccc1)c1nnc(-c2ccc(Br)cc2)o1. The van der Waals surface area contributed by atoms with Crippen molar-refractivity contribution >= 4 is 15.9 Å². The van der Waals surface area contributed by atoms with E-state index in [-0.39, 0.29) is 0 Å². The first-order valence-electron chi connectivity index (χ1n) is 6.14.